The summed E-state index contributed by atoms with van der Waals surface area (Å²) in [5, 5.41) is 3.31. The SMILES string of the molecule is COC(=O)[C@H](Cc1cc(Cl)ccc1Br)NC(=O)c1cc(C)cc(C)c1. The number of halogens is 2. The summed E-state index contributed by atoms with van der Waals surface area (Å²) in [4.78, 5) is 24.7. The zero-order valence-electron chi connectivity index (χ0n) is 14.2. The number of benzene rings is 2. The highest BCUT2D eigenvalue weighted by atomic mass is 79.9. The van der Waals surface area contributed by atoms with Crippen molar-refractivity contribution >= 4 is 39.4 Å². The second kappa shape index (κ2) is 8.50. The van der Waals surface area contributed by atoms with Gasteiger partial charge in [-0.05, 0) is 49.7 Å². The summed E-state index contributed by atoms with van der Waals surface area (Å²) in [5.41, 5.74) is 3.29. The van der Waals surface area contributed by atoms with Crippen molar-refractivity contribution in [2.24, 2.45) is 0 Å². The fourth-order valence-corrected chi connectivity index (χ4v) is 3.21. The lowest BCUT2D eigenvalue weighted by atomic mass is 10.0. The summed E-state index contributed by atoms with van der Waals surface area (Å²) in [5.74, 6) is -0.829. The maximum Gasteiger partial charge on any atom is 0.328 e. The molecule has 0 heterocycles. The first-order valence-electron chi connectivity index (χ1n) is 7.71. The molecule has 0 fully saturated rings. The molecule has 25 heavy (non-hydrogen) atoms. The van der Waals surface area contributed by atoms with Gasteiger partial charge in [-0.1, -0.05) is 44.7 Å². The number of hydrogen-bond acceptors (Lipinski definition) is 3. The van der Waals surface area contributed by atoms with Crippen LogP contribution in [0.3, 0.4) is 0 Å². The molecule has 0 bridgehead atoms. The standard InChI is InChI=1S/C19H19BrClNO3/c1-11-6-12(2)8-14(7-11)18(23)22-17(19(24)25-3)10-13-9-15(21)4-5-16(13)20/h4-9,17H,10H2,1-3H3,(H,22,23)/t17-/m0/s1. The molecule has 1 N–H and O–H groups in total. The number of carbonyl (C=O) groups is 2. The van der Waals surface area contributed by atoms with Gasteiger partial charge in [0.15, 0.2) is 0 Å². The predicted octanol–water partition coefficient (Wildman–Crippen LogP) is 4.23. The molecule has 0 aromatic heterocycles. The van der Waals surface area contributed by atoms with Gasteiger partial charge in [0.1, 0.15) is 6.04 Å². The van der Waals surface area contributed by atoms with Crippen LogP contribution in [0.5, 0.6) is 0 Å². The summed E-state index contributed by atoms with van der Waals surface area (Å²) in [6.45, 7) is 3.84. The van der Waals surface area contributed by atoms with Crippen molar-refractivity contribution < 1.29 is 14.3 Å². The van der Waals surface area contributed by atoms with E-state index in [9.17, 15) is 9.59 Å². The Morgan fingerprint density at radius 3 is 2.40 bits per heavy atom. The lowest BCUT2D eigenvalue weighted by molar-refractivity contribution is -0.142. The lowest BCUT2D eigenvalue weighted by Crippen LogP contribution is -2.43. The maximum atomic E-state index is 12.6. The van der Waals surface area contributed by atoms with Gasteiger partial charge in [-0.3, -0.25) is 4.79 Å². The molecule has 0 aliphatic heterocycles. The Labute approximate surface area is 160 Å². The van der Waals surface area contributed by atoms with Crippen molar-refractivity contribution in [2.75, 3.05) is 7.11 Å². The van der Waals surface area contributed by atoms with Gasteiger partial charge in [0.05, 0.1) is 7.11 Å². The molecule has 2 rings (SSSR count). The molecule has 0 aliphatic carbocycles. The number of amides is 1. The van der Waals surface area contributed by atoms with Crippen molar-refractivity contribution in [1.29, 1.82) is 0 Å². The molecule has 0 saturated heterocycles. The summed E-state index contributed by atoms with van der Waals surface area (Å²) in [6.07, 6.45) is 0.268. The van der Waals surface area contributed by atoms with E-state index in [1.165, 1.54) is 7.11 Å². The minimum absolute atomic E-state index is 0.268. The third-order valence-electron chi connectivity index (χ3n) is 3.71. The molecule has 2 aromatic rings. The molecule has 0 spiro atoms. The van der Waals surface area contributed by atoms with E-state index in [1.54, 1.807) is 30.3 Å². The third-order valence-corrected chi connectivity index (χ3v) is 4.72. The van der Waals surface area contributed by atoms with Crippen molar-refractivity contribution in [3.8, 4) is 0 Å². The van der Waals surface area contributed by atoms with Crippen LogP contribution in [0.2, 0.25) is 5.02 Å². The molecule has 0 saturated carbocycles. The lowest BCUT2D eigenvalue weighted by Gasteiger charge is -2.18. The van der Waals surface area contributed by atoms with Crippen molar-refractivity contribution in [3.05, 3.63) is 68.1 Å². The van der Waals surface area contributed by atoms with Crippen LogP contribution in [0.4, 0.5) is 0 Å². The zero-order chi connectivity index (χ0) is 18.6. The number of nitrogens with one attached hydrogen (secondary N) is 1. The number of rotatable bonds is 5. The minimum atomic E-state index is -0.812. The van der Waals surface area contributed by atoms with Crippen molar-refractivity contribution in [3.63, 3.8) is 0 Å². The quantitative estimate of drug-likeness (QED) is 0.731. The number of ether oxygens (including phenoxy) is 1. The number of hydrogen-bond donors (Lipinski definition) is 1. The molecular weight excluding hydrogens is 406 g/mol. The van der Waals surface area contributed by atoms with Crippen molar-refractivity contribution in [1.82, 2.24) is 5.32 Å². The molecule has 4 nitrogen and oxygen atoms in total. The van der Waals surface area contributed by atoms with Gasteiger partial charge in [0.25, 0.3) is 5.91 Å². The first kappa shape index (κ1) is 19.5. The van der Waals surface area contributed by atoms with Gasteiger partial charge in [-0.15, -0.1) is 0 Å². The fraction of sp³-hybridized carbons (Fsp3) is 0.263. The van der Waals surface area contributed by atoms with E-state index in [4.69, 9.17) is 16.3 Å². The molecular formula is C19H19BrClNO3. The fourth-order valence-electron chi connectivity index (χ4n) is 2.60. The molecule has 0 radical (unpaired) electrons. The Hall–Kier alpha value is -1.85. The minimum Gasteiger partial charge on any atom is -0.467 e. The maximum absolute atomic E-state index is 12.6. The highest BCUT2D eigenvalue weighted by molar-refractivity contribution is 9.10. The molecule has 1 atom stereocenters. The molecule has 0 unspecified atom stereocenters. The van der Waals surface area contributed by atoms with E-state index in [0.717, 1.165) is 21.2 Å². The van der Waals surface area contributed by atoms with Gasteiger partial charge in [-0.25, -0.2) is 4.79 Å². The Kier molecular flexibility index (Phi) is 6.62. The second-order valence-corrected chi connectivity index (χ2v) is 7.16. The zero-order valence-corrected chi connectivity index (χ0v) is 16.6. The predicted molar refractivity (Wildman–Crippen MR) is 102 cm³/mol. The number of esters is 1. The van der Waals surface area contributed by atoms with Crippen LogP contribution in [0, 0.1) is 13.8 Å². The van der Waals surface area contributed by atoms with Crippen LogP contribution < -0.4 is 5.32 Å². The first-order chi connectivity index (χ1) is 11.8. The molecule has 6 heteroatoms. The van der Waals surface area contributed by atoms with E-state index in [-0.39, 0.29) is 12.3 Å². The van der Waals surface area contributed by atoms with Gasteiger partial charge < -0.3 is 10.1 Å². The highest BCUT2D eigenvalue weighted by Crippen LogP contribution is 2.23. The number of methoxy groups -OCH3 is 1. The van der Waals surface area contributed by atoms with E-state index in [0.29, 0.717) is 10.6 Å². The average Bonchev–Trinajstić information content (AvgIpc) is 2.55. The third kappa shape index (κ3) is 5.31. The summed E-state index contributed by atoms with van der Waals surface area (Å²) < 4.78 is 5.65. The van der Waals surface area contributed by atoms with Crippen LogP contribution in [0.25, 0.3) is 0 Å². The van der Waals surface area contributed by atoms with E-state index in [1.807, 2.05) is 19.9 Å². The van der Waals surface area contributed by atoms with Gasteiger partial charge >= 0.3 is 5.97 Å². The van der Waals surface area contributed by atoms with Crippen LogP contribution >= 0.6 is 27.5 Å². The smallest absolute Gasteiger partial charge is 0.328 e. The van der Waals surface area contributed by atoms with Crippen molar-refractivity contribution in [2.45, 2.75) is 26.3 Å². The monoisotopic (exact) mass is 423 g/mol. The molecule has 2 aromatic carbocycles. The van der Waals surface area contributed by atoms with Gasteiger partial charge in [-0.2, -0.15) is 0 Å². The average molecular weight is 425 g/mol. The Bertz CT molecular complexity index is 787. The second-order valence-electron chi connectivity index (χ2n) is 5.87. The normalized spacial score (nSPS) is 11.7. The van der Waals surface area contributed by atoms with E-state index >= 15 is 0 Å². The first-order valence-corrected chi connectivity index (χ1v) is 8.88. The number of carbonyl (C=O) groups excluding carboxylic acids is 2. The van der Waals surface area contributed by atoms with Gasteiger partial charge in [0, 0.05) is 21.5 Å². The molecule has 132 valence electrons. The van der Waals surface area contributed by atoms with Crippen LogP contribution in [0.15, 0.2) is 40.9 Å². The number of aryl methyl sites for hydroxylation is 2. The Balaban J connectivity index is 2.24. The van der Waals surface area contributed by atoms with Gasteiger partial charge in [0.2, 0.25) is 0 Å². The molecule has 1 amide bonds. The van der Waals surface area contributed by atoms with Crippen LogP contribution in [-0.2, 0) is 16.0 Å². The topological polar surface area (TPSA) is 55.4 Å². The Morgan fingerprint density at radius 2 is 1.80 bits per heavy atom. The van der Waals surface area contributed by atoms with E-state index in [2.05, 4.69) is 21.2 Å². The van der Waals surface area contributed by atoms with Crippen LogP contribution in [0.1, 0.15) is 27.0 Å². The highest BCUT2D eigenvalue weighted by Gasteiger charge is 2.24. The summed E-state index contributed by atoms with van der Waals surface area (Å²) in [6, 6.07) is 10.0. The summed E-state index contributed by atoms with van der Waals surface area (Å²) in [7, 11) is 1.30. The largest absolute Gasteiger partial charge is 0.467 e. The Morgan fingerprint density at radius 1 is 1.16 bits per heavy atom. The summed E-state index contributed by atoms with van der Waals surface area (Å²) >= 11 is 9.46. The molecule has 0 aliphatic rings. The van der Waals surface area contributed by atoms with E-state index < -0.39 is 12.0 Å². The van der Waals surface area contributed by atoms with Crippen LogP contribution in [-0.4, -0.2) is 25.0 Å².